The second-order valence-electron chi connectivity index (χ2n) is 6.09. The molecular formula is C20H24O7. The van der Waals surface area contributed by atoms with Crippen LogP contribution in [0.1, 0.15) is 17.0 Å². The van der Waals surface area contributed by atoms with Gasteiger partial charge in [0.15, 0.2) is 23.0 Å². The zero-order valence-electron chi connectivity index (χ0n) is 16.1. The molecule has 3 rings (SSSR count). The van der Waals surface area contributed by atoms with E-state index in [0.29, 0.717) is 47.5 Å². The van der Waals surface area contributed by atoms with E-state index in [1.54, 1.807) is 34.5 Å². The third-order valence-corrected chi connectivity index (χ3v) is 4.73. The highest BCUT2D eigenvalue weighted by molar-refractivity contribution is 5.64. The average molecular weight is 376 g/mol. The lowest BCUT2D eigenvalue weighted by molar-refractivity contribution is 0.238. The third kappa shape index (κ3) is 3.13. The van der Waals surface area contributed by atoms with Crippen LogP contribution < -0.4 is 28.4 Å². The fourth-order valence-electron chi connectivity index (χ4n) is 3.48. The third-order valence-electron chi connectivity index (χ3n) is 4.73. The van der Waals surface area contributed by atoms with Gasteiger partial charge in [-0.15, -0.1) is 0 Å². The average Bonchev–Trinajstić information content (AvgIpc) is 2.71. The van der Waals surface area contributed by atoms with E-state index in [2.05, 4.69) is 0 Å². The lowest BCUT2D eigenvalue weighted by Gasteiger charge is -2.29. The van der Waals surface area contributed by atoms with E-state index in [0.717, 1.165) is 11.1 Å². The molecule has 1 heterocycles. The van der Waals surface area contributed by atoms with Gasteiger partial charge in [0.1, 0.15) is 0 Å². The molecule has 0 aliphatic carbocycles. The van der Waals surface area contributed by atoms with Gasteiger partial charge in [-0.05, 0) is 24.1 Å². The Bertz CT molecular complexity index is 832. The second kappa shape index (κ2) is 7.73. The molecule has 2 aromatic carbocycles. The van der Waals surface area contributed by atoms with Crippen LogP contribution in [-0.4, -0.2) is 47.3 Å². The zero-order valence-corrected chi connectivity index (χ0v) is 16.1. The van der Waals surface area contributed by atoms with E-state index in [9.17, 15) is 5.11 Å². The Morgan fingerprint density at radius 3 is 2.11 bits per heavy atom. The van der Waals surface area contributed by atoms with E-state index in [-0.39, 0.29) is 11.7 Å². The highest BCUT2D eigenvalue weighted by atomic mass is 16.5. The first-order chi connectivity index (χ1) is 13.1. The lowest BCUT2D eigenvalue weighted by Crippen LogP contribution is -2.20. The first-order valence-corrected chi connectivity index (χ1v) is 8.48. The summed E-state index contributed by atoms with van der Waals surface area (Å²) >= 11 is 0. The number of benzene rings is 2. The van der Waals surface area contributed by atoms with Crippen LogP contribution in [0.15, 0.2) is 18.2 Å². The van der Waals surface area contributed by atoms with Crippen molar-refractivity contribution >= 4 is 0 Å². The van der Waals surface area contributed by atoms with E-state index in [1.807, 2.05) is 12.1 Å². The van der Waals surface area contributed by atoms with Gasteiger partial charge in [0, 0.05) is 11.5 Å². The van der Waals surface area contributed by atoms with Crippen molar-refractivity contribution in [3.05, 3.63) is 29.3 Å². The maximum Gasteiger partial charge on any atom is 0.207 e. The summed E-state index contributed by atoms with van der Waals surface area (Å²) < 4.78 is 33.3. The largest absolute Gasteiger partial charge is 0.504 e. The number of aromatic hydroxyl groups is 1. The van der Waals surface area contributed by atoms with Crippen molar-refractivity contribution in [3.63, 3.8) is 0 Å². The van der Waals surface area contributed by atoms with Crippen molar-refractivity contribution in [1.82, 2.24) is 0 Å². The van der Waals surface area contributed by atoms with Crippen LogP contribution in [-0.2, 0) is 6.42 Å². The van der Waals surface area contributed by atoms with Crippen molar-refractivity contribution in [3.8, 4) is 40.2 Å². The molecule has 2 aromatic rings. The van der Waals surface area contributed by atoms with Crippen molar-refractivity contribution in [1.29, 1.82) is 0 Å². The van der Waals surface area contributed by atoms with Crippen LogP contribution in [0.2, 0.25) is 0 Å². The summed E-state index contributed by atoms with van der Waals surface area (Å²) in [5.41, 5.74) is 1.83. The first-order valence-electron chi connectivity index (χ1n) is 8.48. The normalized spacial score (nSPS) is 15.4. The summed E-state index contributed by atoms with van der Waals surface area (Å²) in [7, 11) is 7.79. The van der Waals surface area contributed by atoms with Crippen molar-refractivity contribution in [2.75, 3.05) is 42.2 Å². The lowest BCUT2D eigenvalue weighted by atomic mass is 9.89. The van der Waals surface area contributed by atoms with E-state index in [1.165, 1.54) is 7.11 Å². The van der Waals surface area contributed by atoms with Crippen LogP contribution in [0.25, 0.3) is 0 Å². The molecule has 0 saturated heterocycles. The van der Waals surface area contributed by atoms with Crippen molar-refractivity contribution in [2.45, 2.75) is 12.3 Å². The van der Waals surface area contributed by atoms with Crippen LogP contribution in [0.5, 0.6) is 40.2 Å². The Morgan fingerprint density at radius 1 is 0.852 bits per heavy atom. The Balaban J connectivity index is 2.07. The number of phenols is 1. The Kier molecular flexibility index (Phi) is 5.39. The fraction of sp³-hybridized carbons (Fsp3) is 0.400. The highest BCUT2D eigenvalue weighted by Gasteiger charge is 2.31. The zero-order chi connectivity index (χ0) is 19.6. The summed E-state index contributed by atoms with van der Waals surface area (Å²) in [5, 5.41) is 9.95. The van der Waals surface area contributed by atoms with Gasteiger partial charge in [0.2, 0.25) is 17.2 Å². The van der Waals surface area contributed by atoms with Gasteiger partial charge in [-0.25, -0.2) is 0 Å². The van der Waals surface area contributed by atoms with Crippen LogP contribution in [0.4, 0.5) is 0 Å². The highest BCUT2D eigenvalue weighted by Crippen LogP contribution is 2.51. The minimum Gasteiger partial charge on any atom is -0.504 e. The summed E-state index contributed by atoms with van der Waals surface area (Å²) in [4.78, 5) is 0. The molecule has 0 saturated carbocycles. The maximum atomic E-state index is 9.95. The smallest absolute Gasteiger partial charge is 0.207 e. The predicted molar refractivity (Wildman–Crippen MR) is 99.2 cm³/mol. The summed E-state index contributed by atoms with van der Waals surface area (Å²) in [6.07, 6.45) is 0.682. The number of hydrogen-bond donors (Lipinski definition) is 1. The topological polar surface area (TPSA) is 75.6 Å². The summed E-state index contributed by atoms with van der Waals surface area (Å²) in [5.74, 6) is 3.06. The predicted octanol–water partition coefficient (Wildman–Crippen LogP) is 3.15. The molecule has 7 heteroatoms. The molecule has 1 aliphatic rings. The van der Waals surface area contributed by atoms with Crippen molar-refractivity contribution in [2.24, 2.45) is 0 Å². The second-order valence-corrected chi connectivity index (χ2v) is 6.09. The minimum absolute atomic E-state index is 0.00425. The molecule has 1 unspecified atom stereocenters. The standard InChI is InChI=1S/C20H24O7/c1-22-15-9-13(17(23-2)20(26-5)19(15)25-4)12-8-11-6-7-14(21)18(24-3)16(11)27-10-12/h6-7,9,12,21H,8,10H2,1-5H3. The van der Waals surface area contributed by atoms with E-state index >= 15 is 0 Å². The van der Waals surface area contributed by atoms with Gasteiger partial charge in [0.25, 0.3) is 0 Å². The van der Waals surface area contributed by atoms with E-state index < -0.39 is 0 Å². The molecule has 1 N–H and O–H groups in total. The van der Waals surface area contributed by atoms with Crippen LogP contribution in [0, 0.1) is 0 Å². The molecule has 0 spiro atoms. The molecule has 27 heavy (non-hydrogen) atoms. The number of phenolic OH excluding ortho intramolecular Hbond substituents is 1. The van der Waals surface area contributed by atoms with Crippen molar-refractivity contribution < 1.29 is 33.5 Å². The Morgan fingerprint density at radius 2 is 1.52 bits per heavy atom. The monoisotopic (exact) mass is 376 g/mol. The van der Waals surface area contributed by atoms with Gasteiger partial charge in [-0.2, -0.15) is 0 Å². The SMILES string of the molecule is COc1cc(C2COc3c(ccc(O)c3OC)C2)c(OC)c(OC)c1OC. The molecule has 0 bridgehead atoms. The summed E-state index contributed by atoms with van der Waals surface area (Å²) in [6, 6.07) is 5.33. The Hall–Kier alpha value is -2.96. The van der Waals surface area contributed by atoms with Gasteiger partial charge >= 0.3 is 0 Å². The number of ether oxygens (including phenoxy) is 6. The number of hydrogen-bond acceptors (Lipinski definition) is 7. The Labute approximate surface area is 158 Å². The molecule has 7 nitrogen and oxygen atoms in total. The van der Waals surface area contributed by atoms with Gasteiger partial charge in [0.05, 0.1) is 42.2 Å². The molecule has 0 fully saturated rings. The van der Waals surface area contributed by atoms with Crippen LogP contribution in [0.3, 0.4) is 0 Å². The quantitative estimate of drug-likeness (QED) is 0.830. The first kappa shape index (κ1) is 18.8. The van der Waals surface area contributed by atoms with Crippen LogP contribution >= 0.6 is 0 Å². The molecule has 0 radical (unpaired) electrons. The van der Waals surface area contributed by atoms with E-state index in [4.69, 9.17) is 28.4 Å². The molecule has 0 aromatic heterocycles. The van der Waals surface area contributed by atoms with Gasteiger partial charge in [-0.3, -0.25) is 0 Å². The molecule has 1 atom stereocenters. The maximum absolute atomic E-state index is 9.95. The number of rotatable bonds is 6. The molecule has 146 valence electrons. The van der Waals surface area contributed by atoms with Gasteiger partial charge in [-0.1, -0.05) is 6.07 Å². The number of methoxy groups -OCH3 is 5. The molecule has 0 amide bonds. The summed E-state index contributed by atoms with van der Waals surface area (Å²) in [6.45, 7) is 0.391. The van der Waals surface area contributed by atoms with Gasteiger partial charge < -0.3 is 33.5 Å². The number of fused-ring (bicyclic) bond motifs is 1. The minimum atomic E-state index is -0.00425. The molecular weight excluding hydrogens is 352 g/mol. The molecule has 1 aliphatic heterocycles. The fourth-order valence-corrected chi connectivity index (χ4v) is 3.48.